The van der Waals surface area contributed by atoms with Gasteiger partial charge < -0.3 is 19.5 Å². The molecule has 4 rings (SSSR count). The number of amidine groups is 1. The zero-order valence-electron chi connectivity index (χ0n) is 13.1. The molecule has 1 spiro atoms. The third-order valence-electron chi connectivity index (χ3n) is 4.44. The smallest absolute Gasteiger partial charge is 0.259 e. The van der Waals surface area contributed by atoms with Crippen molar-refractivity contribution in [3.8, 4) is 0 Å². The molecule has 3 aliphatic heterocycles. The summed E-state index contributed by atoms with van der Waals surface area (Å²) in [6.07, 6.45) is 8.62. The zero-order chi connectivity index (χ0) is 15.7. The van der Waals surface area contributed by atoms with Crippen LogP contribution in [0.5, 0.6) is 0 Å². The van der Waals surface area contributed by atoms with Gasteiger partial charge in [-0.15, -0.1) is 0 Å². The van der Waals surface area contributed by atoms with E-state index in [1.165, 1.54) is 0 Å². The molecule has 23 heavy (non-hydrogen) atoms. The first-order valence-corrected chi connectivity index (χ1v) is 7.87. The standard InChI is InChI=1S/C15H20N6O2/c1-22-9-4-12-17-14(23-19-12)11-2-3-13-18-20-15(21(13)10-11)5-7-16-8-6-15/h2-3,10,16,20H,4-9H2,1H3. The van der Waals surface area contributed by atoms with Crippen LogP contribution in [-0.2, 0) is 11.2 Å². The maximum Gasteiger partial charge on any atom is 0.259 e. The van der Waals surface area contributed by atoms with Gasteiger partial charge in [-0.3, -0.25) is 5.43 Å². The van der Waals surface area contributed by atoms with E-state index in [-0.39, 0.29) is 5.66 Å². The average Bonchev–Trinajstić information content (AvgIpc) is 3.20. The first kappa shape index (κ1) is 14.4. The Morgan fingerprint density at radius 3 is 3.04 bits per heavy atom. The Morgan fingerprint density at radius 2 is 2.22 bits per heavy atom. The van der Waals surface area contributed by atoms with Crippen LogP contribution in [0.2, 0.25) is 0 Å². The molecule has 0 amide bonds. The Labute approximate surface area is 134 Å². The minimum absolute atomic E-state index is 0.143. The molecule has 3 aliphatic rings. The van der Waals surface area contributed by atoms with Crippen LogP contribution in [0.3, 0.4) is 0 Å². The highest BCUT2D eigenvalue weighted by molar-refractivity contribution is 6.00. The van der Waals surface area contributed by atoms with Crippen molar-refractivity contribution in [3.63, 3.8) is 0 Å². The molecule has 122 valence electrons. The molecule has 0 bridgehead atoms. The van der Waals surface area contributed by atoms with E-state index < -0.39 is 0 Å². The van der Waals surface area contributed by atoms with Crippen molar-refractivity contribution in [2.75, 3.05) is 26.8 Å². The molecule has 1 aromatic heterocycles. The topological polar surface area (TPSA) is 87.8 Å². The number of fused-ring (bicyclic) bond motifs is 2. The second-order valence-corrected chi connectivity index (χ2v) is 5.91. The monoisotopic (exact) mass is 316 g/mol. The summed E-state index contributed by atoms with van der Waals surface area (Å²) in [5, 5.41) is 11.9. The van der Waals surface area contributed by atoms with Crippen LogP contribution in [0.25, 0.3) is 5.57 Å². The number of piperidine rings is 1. The third-order valence-corrected chi connectivity index (χ3v) is 4.44. The molecule has 1 aromatic rings. The summed E-state index contributed by atoms with van der Waals surface area (Å²) in [5.74, 6) is 2.11. The van der Waals surface area contributed by atoms with E-state index in [9.17, 15) is 0 Å². The summed E-state index contributed by atoms with van der Waals surface area (Å²) >= 11 is 0. The van der Waals surface area contributed by atoms with E-state index in [2.05, 4.69) is 37.1 Å². The van der Waals surface area contributed by atoms with E-state index in [4.69, 9.17) is 9.26 Å². The number of nitrogens with one attached hydrogen (secondary N) is 2. The number of hydrogen-bond acceptors (Lipinski definition) is 8. The molecule has 0 atom stereocenters. The second kappa shape index (κ2) is 5.78. The van der Waals surface area contributed by atoms with Crippen molar-refractivity contribution in [2.24, 2.45) is 5.10 Å². The molecule has 0 aliphatic carbocycles. The third kappa shape index (κ3) is 2.53. The number of hydrazone groups is 1. The summed E-state index contributed by atoms with van der Waals surface area (Å²) in [5.41, 5.74) is 4.08. The lowest BCUT2D eigenvalue weighted by Gasteiger charge is -2.41. The molecule has 0 saturated carbocycles. The molecular formula is C15H20N6O2. The predicted octanol–water partition coefficient (Wildman–Crippen LogP) is 0.468. The number of hydrogen-bond donors (Lipinski definition) is 2. The van der Waals surface area contributed by atoms with Gasteiger partial charge in [0, 0.05) is 32.6 Å². The SMILES string of the molecule is COCCc1noc(C2=CN3C(=NNC34CCNCC4)C=C2)n1. The van der Waals surface area contributed by atoms with Crippen molar-refractivity contribution in [2.45, 2.75) is 24.9 Å². The molecule has 0 aromatic carbocycles. The largest absolute Gasteiger partial charge is 0.384 e. The van der Waals surface area contributed by atoms with Crippen molar-refractivity contribution < 1.29 is 9.26 Å². The number of methoxy groups -OCH3 is 1. The number of nitrogens with zero attached hydrogens (tertiary/aromatic N) is 4. The van der Waals surface area contributed by atoms with E-state index in [0.717, 1.165) is 37.3 Å². The first-order valence-electron chi connectivity index (χ1n) is 7.87. The van der Waals surface area contributed by atoms with Crippen molar-refractivity contribution in [1.29, 1.82) is 0 Å². The van der Waals surface area contributed by atoms with Crippen LogP contribution in [0, 0.1) is 0 Å². The molecule has 1 saturated heterocycles. The van der Waals surface area contributed by atoms with Gasteiger partial charge in [-0.05, 0) is 25.2 Å². The van der Waals surface area contributed by atoms with E-state index in [0.29, 0.717) is 24.7 Å². The molecule has 8 nitrogen and oxygen atoms in total. The van der Waals surface area contributed by atoms with Gasteiger partial charge in [0.15, 0.2) is 11.7 Å². The molecule has 8 heteroatoms. The quantitative estimate of drug-likeness (QED) is 0.834. The Bertz CT molecular complexity index is 671. The number of rotatable bonds is 4. The molecule has 0 unspecified atom stereocenters. The molecule has 2 N–H and O–H groups in total. The summed E-state index contributed by atoms with van der Waals surface area (Å²) in [6.45, 7) is 2.53. The molecular weight excluding hydrogens is 296 g/mol. The molecule has 4 heterocycles. The molecule has 0 radical (unpaired) electrons. The predicted molar refractivity (Wildman–Crippen MR) is 84.2 cm³/mol. The zero-order valence-corrected chi connectivity index (χ0v) is 13.1. The Hall–Kier alpha value is -2.19. The lowest BCUT2D eigenvalue weighted by molar-refractivity contribution is 0.148. The van der Waals surface area contributed by atoms with Crippen molar-refractivity contribution in [3.05, 3.63) is 30.1 Å². The van der Waals surface area contributed by atoms with Crippen LogP contribution in [-0.4, -0.2) is 53.3 Å². The summed E-state index contributed by atoms with van der Waals surface area (Å²) in [6, 6.07) is 0. The van der Waals surface area contributed by atoms with Crippen molar-refractivity contribution in [1.82, 2.24) is 25.8 Å². The van der Waals surface area contributed by atoms with E-state index >= 15 is 0 Å². The van der Waals surface area contributed by atoms with Crippen LogP contribution >= 0.6 is 0 Å². The number of allylic oxidation sites excluding steroid dienone is 2. The van der Waals surface area contributed by atoms with Crippen LogP contribution in [0.4, 0.5) is 0 Å². The Morgan fingerprint density at radius 1 is 1.35 bits per heavy atom. The summed E-state index contributed by atoms with van der Waals surface area (Å²) < 4.78 is 10.4. The lowest BCUT2D eigenvalue weighted by atomic mass is 9.96. The maximum absolute atomic E-state index is 5.39. The van der Waals surface area contributed by atoms with Gasteiger partial charge in [-0.25, -0.2) is 0 Å². The van der Waals surface area contributed by atoms with Gasteiger partial charge in [-0.1, -0.05) is 5.16 Å². The summed E-state index contributed by atoms with van der Waals surface area (Å²) in [4.78, 5) is 6.64. The van der Waals surface area contributed by atoms with Crippen LogP contribution in [0.15, 0.2) is 28.0 Å². The fourth-order valence-corrected chi connectivity index (χ4v) is 3.13. The highest BCUT2D eigenvalue weighted by atomic mass is 16.5. The van der Waals surface area contributed by atoms with Crippen LogP contribution in [0.1, 0.15) is 24.6 Å². The highest BCUT2D eigenvalue weighted by Gasteiger charge is 2.43. The van der Waals surface area contributed by atoms with Gasteiger partial charge in [0.2, 0.25) is 0 Å². The minimum Gasteiger partial charge on any atom is -0.384 e. The van der Waals surface area contributed by atoms with Gasteiger partial charge in [0.25, 0.3) is 5.89 Å². The normalized spacial score (nSPS) is 21.9. The van der Waals surface area contributed by atoms with Gasteiger partial charge in [0.05, 0.1) is 12.2 Å². The minimum atomic E-state index is -0.143. The van der Waals surface area contributed by atoms with Gasteiger partial charge >= 0.3 is 0 Å². The number of ether oxygens (including phenoxy) is 1. The maximum atomic E-state index is 5.39. The van der Waals surface area contributed by atoms with Gasteiger partial charge in [0.1, 0.15) is 5.66 Å². The highest BCUT2D eigenvalue weighted by Crippen LogP contribution is 2.33. The lowest BCUT2D eigenvalue weighted by Crippen LogP contribution is -2.57. The van der Waals surface area contributed by atoms with E-state index in [1.54, 1.807) is 7.11 Å². The first-order chi connectivity index (χ1) is 11.3. The fourth-order valence-electron chi connectivity index (χ4n) is 3.13. The average molecular weight is 316 g/mol. The fraction of sp³-hybridized carbons (Fsp3) is 0.533. The van der Waals surface area contributed by atoms with E-state index in [1.807, 2.05) is 12.2 Å². The number of aromatic nitrogens is 2. The van der Waals surface area contributed by atoms with Crippen LogP contribution < -0.4 is 10.7 Å². The van der Waals surface area contributed by atoms with Gasteiger partial charge in [-0.2, -0.15) is 10.1 Å². The second-order valence-electron chi connectivity index (χ2n) is 5.91. The Kier molecular flexibility index (Phi) is 3.62. The summed E-state index contributed by atoms with van der Waals surface area (Å²) in [7, 11) is 1.66. The Balaban J connectivity index is 1.58. The van der Waals surface area contributed by atoms with Crippen molar-refractivity contribution >= 4 is 11.4 Å². The molecule has 1 fully saturated rings.